The summed E-state index contributed by atoms with van der Waals surface area (Å²) in [5.74, 6) is 2.92. The summed E-state index contributed by atoms with van der Waals surface area (Å²) in [5, 5.41) is 10.0. The second-order valence-corrected chi connectivity index (χ2v) is 6.79. The Labute approximate surface area is 163 Å². The van der Waals surface area contributed by atoms with E-state index in [-0.39, 0.29) is 11.9 Å². The first kappa shape index (κ1) is 18.0. The Morgan fingerprint density at radius 1 is 1.25 bits per heavy atom. The van der Waals surface area contributed by atoms with Gasteiger partial charge in [0, 0.05) is 25.1 Å². The predicted octanol–water partition coefficient (Wildman–Crippen LogP) is 3.71. The topological polar surface area (TPSA) is 96.0 Å². The lowest BCUT2D eigenvalue weighted by atomic mass is 9.98. The number of rotatable bonds is 4. The van der Waals surface area contributed by atoms with Gasteiger partial charge in [-0.05, 0) is 38.0 Å². The summed E-state index contributed by atoms with van der Waals surface area (Å²) in [6.45, 7) is 3.20. The standard InChI is InChI=1S/C20H22N6O2/c1-14-22-19(25-24-14)15-6-5-11-26(13-15)20(27)23-16-9-10-18(21-12-16)28-17-7-3-2-4-8-17/h2-4,7-10,12,15H,5-6,11,13H2,1H3,(H,23,27)(H,22,24,25). The molecule has 0 spiro atoms. The molecule has 0 bridgehead atoms. The van der Waals surface area contributed by atoms with Crippen molar-refractivity contribution in [1.82, 2.24) is 25.1 Å². The predicted molar refractivity (Wildman–Crippen MR) is 104 cm³/mol. The number of nitrogens with one attached hydrogen (secondary N) is 2. The maximum atomic E-state index is 12.6. The van der Waals surface area contributed by atoms with E-state index in [1.165, 1.54) is 0 Å². The van der Waals surface area contributed by atoms with E-state index in [1.54, 1.807) is 23.2 Å². The van der Waals surface area contributed by atoms with E-state index in [2.05, 4.69) is 25.5 Å². The lowest BCUT2D eigenvalue weighted by Gasteiger charge is -2.31. The van der Waals surface area contributed by atoms with Crippen LogP contribution in [0.15, 0.2) is 48.7 Å². The summed E-state index contributed by atoms with van der Waals surface area (Å²) < 4.78 is 5.67. The summed E-state index contributed by atoms with van der Waals surface area (Å²) in [6.07, 6.45) is 3.50. The second-order valence-electron chi connectivity index (χ2n) is 6.79. The summed E-state index contributed by atoms with van der Waals surface area (Å²) in [6, 6.07) is 12.8. The van der Waals surface area contributed by atoms with Crippen molar-refractivity contribution in [3.63, 3.8) is 0 Å². The van der Waals surface area contributed by atoms with Crippen molar-refractivity contribution < 1.29 is 9.53 Å². The molecule has 1 aromatic carbocycles. The molecule has 1 saturated heterocycles. The third kappa shape index (κ3) is 4.28. The quantitative estimate of drug-likeness (QED) is 0.721. The summed E-state index contributed by atoms with van der Waals surface area (Å²) in [4.78, 5) is 23.1. The third-order valence-electron chi connectivity index (χ3n) is 4.64. The highest BCUT2D eigenvalue weighted by Gasteiger charge is 2.27. The van der Waals surface area contributed by atoms with Gasteiger partial charge in [-0.15, -0.1) is 0 Å². The average Bonchev–Trinajstić information content (AvgIpc) is 3.17. The highest BCUT2D eigenvalue weighted by atomic mass is 16.5. The van der Waals surface area contributed by atoms with Gasteiger partial charge in [0.1, 0.15) is 11.6 Å². The van der Waals surface area contributed by atoms with Gasteiger partial charge in [-0.25, -0.2) is 14.8 Å². The maximum Gasteiger partial charge on any atom is 0.321 e. The van der Waals surface area contributed by atoms with Crippen LogP contribution in [0.1, 0.15) is 30.4 Å². The van der Waals surface area contributed by atoms with Gasteiger partial charge < -0.3 is 15.0 Å². The number of amides is 2. The molecular weight excluding hydrogens is 356 g/mol. The van der Waals surface area contributed by atoms with Crippen LogP contribution in [0.3, 0.4) is 0 Å². The van der Waals surface area contributed by atoms with E-state index in [9.17, 15) is 4.79 Å². The maximum absolute atomic E-state index is 12.6. The molecule has 2 amide bonds. The smallest absolute Gasteiger partial charge is 0.321 e. The van der Waals surface area contributed by atoms with Crippen LogP contribution < -0.4 is 10.1 Å². The minimum atomic E-state index is -0.143. The fourth-order valence-electron chi connectivity index (χ4n) is 3.24. The molecule has 0 radical (unpaired) electrons. The number of aromatic nitrogens is 4. The average molecular weight is 378 g/mol. The number of nitrogens with zero attached hydrogens (tertiary/aromatic N) is 4. The molecule has 144 valence electrons. The van der Waals surface area contributed by atoms with E-state index in [0.717, 1.165) is 24.5 Å². The number of anilines is 1. The number of urea groups is 1. The minimum absolute atomic E-state index is 0.143. The lowest BCUT2D eigenvalue weighted by Crippen LogP contribution is -2.41. The Morgan fingerprint density at radius 2 is 2.11 bits per heavy atom. The molecule has 1 aliphatic rings. The number of para-hydroxylation sites is 1. The Bertz CT molecular complexity index is 925. The first-order valence-electron chi connectivity index (χ1n) is 9.31. The van der Waals surface area contributed by atoms with Crippen LogP contribution in [0.2, 0.25) is 0 Å². The molecule has 0 saturated carbocycles. The Morgan fingerprint density at radius 3 is 2.82 bits per heavy atom. The first-order valence-corrected chi connectivity index (χ1v) is 9.31. The number of carbonyl (C=O) groups is 1. The first-order chi connectivity index (χ1) is 13.7. The fourth-order valence-corrected chi connectivity index (χ4v) is 3.24. The SMILES string of the molecule is Cc1nc(C2CCCN(C(=O)Nc3ccc(Oc4ccccc4)nc3)C2)n[nH]1. The molecule has 2 aromatic heterocycles. The van der Waals surface area contributed by atoms with Crippen molar-refractivity contribution in [2.45, 2.75) is 25.7 Å². The number of pyridine rings is 1. The normalized spacial score (nSPS) is 16.6. The number of aromatic amines is 1. The number of carbonyl (C=O) groups excluding carboxylic acids is 1. The number of H-pyrrole nitrogens is 1. The number of hydrogen-bond acceptors (Lipinski definition) is 5. The molecule has 1 unspecified atom stereocenters. The highest BCUT2D eigenvalue weighted by molar-refractivity contribution is 5.89. The molecule has 1 atom stereocenters. The van der Waals surface area contributed by atoms with E-state index in [0.29, 0.717) is 30.4 Å². The summed E-state index contributed by atoms with van der Waals surface area (Å²) in [7, 11) is 0. The van der Waals surface area contributed by atoms with E-state index in [1.807, 2.05) is 37.3 Å². The zero-order valence-corrected chi connectivity index (χ0v) is 15.6. The van der Waals surface area contributed by atoms with Gasteiger partial charge in [0.15, 0.2) is 5.82 Å². The molecule has 1 fully saturated rings. The van der Waals surface area contributed by atoms with Crippen molar-refractivity contribution in [3.05, 3.63) is 60.3 Å². The summed E-state index contributed by atoms with van der Waals surface area (Å²) in [5.41, 5.74) is 0.626. The van der Waals surface area contributed by atoms with Crippen LogP contribution >= 0.6 is 0 Å². The van der Waals surface area contributed by atoms with Crippen LogP contribution in [-0.2, 0) is 0 Å². The monoisotopic (exact) mass is 378 g/mol. The molecule has 4 rings (SSSR count). The van der Waals surface area contributed by atoms with Crippen molar-refractivity contribution >= 4 is 11.7 Å². The molecule has 0 aliphatic carbocycles. The van der Waals surface area contributed by atoms with Crippen molar-refractivity contribution in [3.8, 4) is 11.6 Å². The molecule has 8 heteroatoms. The zero-order chi connectivity index (χ0) is 19.3. The Balaban J connectivity index is 1.35. The van der Waals surface area contributed by atoms with Crippen LogP contribution in [-0.4, -0.2) is 44.2 Å². The summed E-state index contributed by atoms with van der Waals surface area (Å²) >= 11 is 0. The van der Waals surface area contributed by atoms with Gasteiger partial charge in [0.25, 0.3) is 0 Å². The lowest BCUT2D eigenvalue weighted by molar-refractivity contribution is 0.191. The molecule has 3 aromatic rings. The molecule has 8 nitrogen and oxygen atoms in total. The molecule has 28 heavy (non-hydrogen) atoms. The Hall–Kier alpha value is -3.42. The van der Waals surface area contributed by atoms with E-state index in [4.69, 9.17) is 4.74 Å². The van der Waals surface area contributed by atoms with Gasteiger partial charge in [-0.1, -0.05) is 18.2 Å². The van der Waals surface area contributed by atoms with Crippen molar-refractivity contribution in [2.24, 2.45) is 0 Å². The zero-order valence-electron chi connectivity index (χ0n) is 15.6. The van der Waals surface area contributed by atoms with Crippen molar-refractivity contribution in [1.29, 1.82) is 0 Å². The largest absolute Gasteiger partial charge is 0.439 e. The fraction of sp³-hybridized carbons (Fsp3) is 0.300. The molecule has 2 N–H and O–H groups in total. The highest BCUT2D eigenvalue weighted by Crippen LogP contribution is 2.25. The van der Waals surface area contributed by atoms with Gasteiger partial charge in [-0.2, -0.15) is 5.10 Å². The van der Waals surface area contributed by atoms with Gasteiger partial charge in [-0.3, -0.25) is 5.10 Å². The number of ether oxygens (including phenoxy) is 1. The number of likely N-dealkylation sites (tertiary alicyclic amines) is 1. The number of piperidine rings is 1. The van der Waals surface area contributed by atoms with Gasteiger partial charge in [0.2, 0.25) is 5.88 Å². The van der Waals surface area contributed by atoms with Crippen LogP contribution in [0.5, 0.6) is 11.6 Å². The Kier molecular flexibility index (Phi) is 5.18. The molecule has 1 aliphatic heterocycles. The number of benzene rings is 1. The van der Waals surface area contributed by atoms with E-state index >= 15 is 0 Å². The van der Waals surface area contributed by atoms with Gasteiger partial charge in [0.05, 0.1) is 11.9 Å². The number of aryl methyl sites for hydroxylation is 1. The molecule has 3 heterocycles. The van der Waals surface area contributed by atoms with E-state index < -0.39 is 0 Å². The van der Waals surface area contributed by atoms with Crippen LogP contribution in [0, 0.1) is 6.92 Å². The van der Waals surface area contributed by atoms with Crippen molar-refractivity contribution in [2.75, 3.05) is 18.4 Å². The van der Waals surface area contributed by atoms with Crippen LogP contribution in [0.4, 0.5) is 10.5 Å². The third-order valence-corrected chi connectivity index (χ3v) is 4.64. The number of hydrogen-bond donors (Lipinski definition) is 2. The van der Waals surface area contributed by atoms with Gasteiger partial charge >= 0.3 is 6.03 Å². The second kappa shape index (κ2) is 8.08. The molecular formula is C20H22N6O2. The van der Waals surface area contributed by atoms with Crippen LogP contribution in [0.25, 0.3) is 0 Å². The minimum Gasteiger partial charge on any atom is -0.439 e.